The first kappa shape index (κ1) is 13.9. The summed E-state index contributed by atoms with van der Waals surface area (Å²) in [6, 6.07) is 7.04. The minimum absolute atomic E-state index is 0.0788. The molecule has 0 atom stereocenters. The first-order valence-corrected chi connectivity index (χ1v) is 6.54. The van der Waals surface area contributed by atoms with Gasteiger partial charge in [-0.3, -0.25) is 4.79 Å². The molecule has 3 aromatic rings. The highest BCUT2D eigenvalue weighted by Crippen LogP contribution is 2.32. The Kier molecular flexibility index (Phi) is 3.42. The lowest BCUT2D eigenvalue weighted by molar-refractivity contribution is -0.138. The van der Waals surface area contributed by atoms with Crippen LogP contribution in [0.5, 0.6) is 5.75 Å². The van der Waals surface area contributed by atoms with E-state index < -0.39 is 18.3 Å². The number of para-hydroxylation sites is 1. The summed E-state index contributed by atoms with van der Waals surface area (Å²) in [5.41, 5.74) is 0.509. The summed E-state index contributed by atoms with van der Waals surface area (Å²) in [6.45, 7) is 1.76. The summed E-state index contributed by atoms with van der Waals surface area (Å²) >= 11 is 0. The average molecular weight is 304 g/mol. The molecule has 0 fully saturated rings. The molecule has 1 N–H and O–H groups in total. The zero-order chi connectivity index (χ0) is 15.7. The Hall–Kier alpha value is -3.03. The van der Waals surface area contributed by atoms with E-state index in [4.69, 9.17) is 18.7 Å². The van der Waals surface area contributed by atoms with Gasteiger partial charge in [0.15, 0.2) is 17.1 Å². The molecular formula is C14H12N2O6. The minimum Gasteiger partial charge on any atom is -0.490 e. The molecule has 22 heavy (non-hydrogen) atoms. The van der Waals surface area contributed by atoms with Crippen molar-refractivity contribution in [3.8, 4) is 17.4 Å². The average Bonchev–Trinajstić information content (AvgIpc) is 3.04. The van der Waals surface area contributed by atoms with E-state index in [0.717, 1.165) is 5.39 Å². The maximum Gasteiger partial charge on any atom is 0.438 e. The highest BCUT2D eigenvalue weighted by Gasteiger charge is 2.17. The number of benzene rings is 1. The van der Waals surface area contributed by atoms with Gasteiger partial charge in [-0.1, -0.05) is 12.1 Å². The number of carboxylic acid groups (broad SMARTS) is 1. The second-order valence-corrected chi connectivity index (χ2v) is 4.44. The first-order chi connectivity index (χ1) is 10.6. The van der Waals surface area contributed by atoms with E-state index in [1.807, 2.05) is 19.1 Å². The number of fused-ring (bicyclic) bond motifs is 1. The molecule has 0 saturated carbocycles. The van der Waals surface area contributed by atoms with Gasteiger partial charge in [-0.25, -0.2) is 4.79 Å². The number of rotatable bonds is 5. The van der Waals surface area contributed by atoms with Gasteiger partial charge in [0.05, 0.1) is 6.61 Å². The number of aliphatic carboxylic acids is 1. The van der Waals surface area contributed by atoms with E-state index in [1.54, 1.807) is 12.1 Å². The van der Waals surface area contributed by atoms with Crippen molar-refractivity contribution in [2.45, 2.75) is 13.5 Å². The van der Waals surface area contributed by atoms with Gasteiger partial charge in [0.1, 0.15) is 6.54 Å². The summed E-state index contributed by atoms with van der Waals surface area (Å²) in [4.78, 5) is 22.2. The molecular weight excluding hydrogens is 292 g/mol. The molecule has 0 saturated heterocycles. The standard InChI is InChI=1S/C14H12N2O6/c1-2-20-9-5-3-4-8-6-10(21-12(8)9)13-15-16(7-11(17)18)14(19)22-13/h3-6H,2,7H2,1H3,(H,17,18). The fourth-order valence-electron chi connectivity index (χ4n) is 2.04. The van der Waals surface area contributed by atoms with Crippen LogP contribution in [0.15, 0.2) is 37.9 Å². The largest absolute Gasteiger partial charge is 0.490 e. The zero-order valence-electron chi connectivity index (χ0n) is 11.6. The van der Waals surface area contributed by atoms with Crippen LogP contribution in [-0.4, -0.2) is 27.5 Å². The highest BCUT2D eigenvalue weighted by molar-refractivity contribution is 5.86. The summed E-state index contributed by atoms with van der Waals surface area (Å²) in [5, 5.41) is 13.3. The van der Waals surface area contributed by atoms with Crippen LogP contribution >= 0.6 is 0 Å². The van der Waals surface area contributed by atoms with Crippen molar-refractivity contribution >= 4 is 16.9 Å². The van der Waals surface area contributed by atoms with Crippen LogP contribution in [0.4, 0.5) is 0 Å². The van der Waals surface area contributed by atoms with E-state index in [1.165, 1.54) is 0 Å². The summed E-state index contributed by atoms with van der Waals surface area (Å²) in [5.74, 6) is -1.33. The third-order valence-corrected chi connectivity index (χ3v) is 2.91. The number of carboxylic acids is 1. The molecule has 0 unspecified atom stereocenters. The molecule has 8 nitrogen and oxygen atoms in total. The lowest BCUT2D eigenvalue weighted by atomic mass is 10.2. The molecule has 0 spiro atoms. The van der Waals surface area contributed by atoms with E-state index in [-0.39, 0.29) is 11.7 Å². The molecule has 114 valence electrons. The quantitative estimate of drug-likeness (QED) is 0.764. The van der Waals surface area contributed by atoms with Gasteiger partial charge < -0.3 is 18.7 Å². The Bertz CT molecular complexity index is 888. The Morgan fingerprint density at radius 3 is 2.95 bits per heavy atom. The third-order valence-electron chi connectivity index (χ3n) is 2.91. The van der Waals surface area contributed by atoms with Gasteiger partial charge in [-0.2, -0.15) is 4.68 Å². The van der Waals surface area contributed by atoms with Crippen LogP contribution in [0.3, 0.4) is 0 Å². The Morgan fingerprint density at radius 1 is 1.41 bits per heavy atom. The van der Waals surface area contributed by atoms with Crippen molar-refractivity contribution in [2.75, 3.05) is 6.61 Å². The van der Waals surface area contributed by atoms with Crippen LogP contribution in [-0.2, 0) is 11.3 Å². The number of hydrogen-bond acceptors (Lipinski definition) is 6. The fraction of sp³-hybridized carbons (Fsp3) is 0.214. The molecule has 8 heteroatoms. The number of carbonyl (C=O) groups is 1. The van der Waals surface area contributed by atoms with Gasteiger partial charge in [-0.05, 0) is 19.1 Å². The normalized spacial score (nSPS) is 11.0. The molecule has 0 aliphatic rings. The Labute approximate surface area is 123 Å². The van der Waals surface area contributed by atoms with Gasteiger partial charge in [0.2, 0.25) is 0 Å². The smallest absolute Gasteiger partial charge is 0.438 e. The van der Waals surface area contributed by atoms with Gasteiger partial charge >= 0.3 is 11.7 Å². The molecule has 0 aliphatic heterocycles. The van der Waals surface area contributed by atoms with Crippen LogP contribution in [0, 0.1) is 0 Å². The maximum absolute atomic E-state index is 11.5. The SMILES string of the molecule is CCOc1cccc2cc(-c3nn(CC(=O)O)c(=O)o3)oc12. The van der Waals surface area contributed by atoms with E-state index >= 15 is 0 Å². The molecule has 2 heterocycles. The number of ether oxygens (including phenoxy) is 1. The van der Waals surface area contributed by atoms with E-state index in [2.05, 4.69) is 5.10 Å². The number of aromatic nitrogens is 2. The predicted octanol–water partition coefficient (Wildman–Crippen LogP) is 1.73. The van der Waals surface area contributed by atoms with Crippen molar-refractivity contribution in [2.24, 2.45) is 0 Å². The van der Waals surface area contributed by atoms with Crippen molar-refractivity contribution in [3.05, 3.63) is 34.8 Å². The van der Waals surface area contributed by atoms with Crippen molar-refractivity contribution in [1.82, 2.24) is 9.78 Å². The lowest BCUT2D eigenvalue weighted by Gasteiger charge is -2.01. The Morgan fingerprint density at radius 2 is 2.23 bits per heavy atom. The van der Waals surface area contributed by atoms with E-state index in [9.17, 15) is 9.59 Å². The molecule has 0 amide bonds. The van der Waals surface area contributed by atoms with Crippen LogP contribution < -0.4 is 10.5 Å². The van der Waals surface area contributed by atoms with Gasteiger partial charge in [0, 0.05) is 5.39 Å². The molecule has 0 radical (unpaired) electrons. The summed E-state index contributed by atoms with van der Waals surface area (Å²) < 4.78 is 16.7. The highest BCUT2D eigenvalue weighted by atomic mass is 16.5. The second kappa shape index (κ2) is 5.40. The molecule has 0 aliphatic carbocycles. The summed E-state index contributed by atoms with van der Waals surface area (Å²) in [7, 11) is 0. The minimum atomic E-state index is -1.19. The second-order valence-electron chi connectivity index (χ2n) is 4.44. The Balaban J connectivity index is 2.05. The molecule has 3 rings (SSSR count). The number of hydrogen-bond donors (Lipinski definition) is 1. The van der Waals surface area contributed by atoms with E-state index in [0.29, 0.717) is 22.6 Å². The monoisotopic (exact) mass is 304 g/mol. The molecule has 0 bridgehead atoms. The first-order valence-electron chi connectivity index (χ1n) is 6.54. The number of nitrogens with zero attached hydrogens (tertiary/aromatic N) is 2. The summed E-state index contributed by atoms with van der Waals surface area (Å²) in [6.07, 6.45) is 0. The zero-order valence-corrected chi connectivity index (χ0v) is 11.6. The van der Waals surface area contributed by atoms with Crippen LogP contribution in [0.2, 0.25) is 0 Å². The molecule has 1 aromatic carbocycles. The fourth-order valence-corrected chi connectivity index (χ4v) is 2.04. The van der Waals surface area contributed by atoms with Gasteiger partial charge in [0.25, 0.3) is 5.89 Å². The maximum atomic E-state index is 11.5. The van der Waals surface area contributed by atoms with Crippen molar-refractivity contribution < 1.29 is 23.5 Å². The van der Waals surface area contributed by atoms with Crippen LogP contribution in [0.1, 0.15) is 6.92 Å². The topological polar surface area (TPSA) is 108 Å². The molecule has 2 aromatic heterocycles. The lowest BCUT2D eigenvalue weighted by Crippen LogP contribution is -2.20. The predicted molar refractivity (Wildman–Crippen MR) is 74.8 cm³/mol. The number of furan rings is 1. The van der Waals surface area contributed by atoms with Crippen molar-refractivity contribution in [1.29, 1.82) is 0 Å². The van der Waals surface area contributed by atoms with Crippen molar-refractivity contribution in [3.63, 3.8) is 0 Å². The third kappa shape index (κ3) is 2.46. The van der Waals surface area contributed by atoms with Crippen LogP contribution in [0.25, 0.3) is 22.6 Å². The van der Waals surface area contributed by atoms with Gasteiger partial charge in [-0.15, -0.1) is 5.10 Å².